The SMILES string of the molecule is C=CCCCCN(C)C(=O)N1CC[C@H](Oc2cc(-c3nc(C(F)(F)F)cs3)nc3c(C)c(OC)ccc23)C[C@H]1C(=O)OC. The molecule has 1 aliphatic heterocycles. The molecule has 43 heavy (non-hydrogen) atoms. The molecule has 3 heterocycles. The normalized spacial score (nSPS) is 17.0. The first-order chi connectivity index (χ1) is 20.5. The van der Waals surface area contributed by atoms with Gasteiger partial charge >= 0.3 is 18.2 Å². The molecule has 3 aromatic rings. The number of hydrogen-bond donors (Lipinski definition) is 0. The Morgan fingerprint density at radius 3 is 2.63 bits per heavy atom. The molecule has 0 aliphatic carbocycles. The number of unbranched alkanes of at least 4 members (excludes halogenated alkanes) is 2. The maximum Gasteiger partial charge on any atom is 0.434 e. The van der Waals surface area contributed by atoms with Crippen LogP contribution in [0.15, 0.2) is 36.2 Å². The molecule has 0 radical (unpaired) electrons. The molecule has 0 unspecified atom stereocenters. The van der Waals surface area contributed by atoms with Crippen LogP contribution in [0, 0.1) is 6.92 Å². The van der Waals surface area contributed by atoms with Gasteiger partial charge in [0.15, 0.2) is 5.69 Å². The molecular formula is C30H35F3N4O5S. The van der Waals surface area contributed by atoms with Gasteiger partial charge in [0.05, 0.1) is 19.7 Å². The van der Waals surface area contributed by atoms with Crippen molar-refractivity contribution in [1.29, 1.82) is 0 Å². The Hall–Kier alpha value is -3.87. The van der Waals surface area contributed by atoms with Crippen LogP contribution in [0.25, 0.3) is 21.6 Å². The number of urea groups is 1. The topological polar surface area (TPSA) is 94.1 Å². The standard InChI is InChI=1S/C30H35F3N4O5S/c1-6-7-8-9-13-36(3)29(39)37-14-12-19(15-22(37)28(38)41-5)42-24-16-21(27-35-25(17-43-27)30(31,32)33)34-26-18(2)23(40-4)11-10-20(24)26/h6,10-11,16-17,19,22H,1,7-9,12-15H2,2-5H3/t19-,22-/m0/s1. The summed E-state index contributed by atoms with van der Waals surface area (Å²) in [7, 11) is 4.50. The van der Waals surface area contributed by atoms with E-state index >= 15 is 0 Å². The molecule has 2 amide bonds. The second-order valence-corrected chi connectivity index (χ2v) is 11.2. The second-order valence-electron chi connectivity index (χ2n) is 10.3. The Labute approximate surface area is 252 Å². The predicted octanol–water partition coefficient (Wildman–Crippen LogP) is 6.49. The van der Waals surface area contributed by atoms with Crippen LogP contribution in [0.4, 0.5) is 18.0 Å². The smallest absolute Gasteiger partial charge is 0.434 e. The van der Waals surface area contributed by atoms with Gasteiger partial charge in [-0.1, -0.05) is 6.08 Å². The van der Waals surface area contributed by atoms with E-state index in [4.69, 9.17) is 14.2 Å². The highest BCUT2D eigenvalue weighted by Gasteiger charge is 2.39. The number of methoxy groups -OCH3 is 2. The van der Waals surface area contributed by atoms with E-state index < -0.39 is 30.0 Å². The van der Waals surface area contributed by atoms with Crippen LogP contribution in [0.1, 0.15) is 43.4 Å². The predicted molar refractivity (Wildman–Crippen MR) is 157 cm³/mol. The number of rotatable bonds is 10. The Bertz CT molecular complexity index is 1480. The number of likely N-dealkylation sites (tertiary alicyclic amines) is 1. The molecule has 232 valence electrons. The summed E-state index contributed by atoms with van der Waals surface area (Å²) in [5.41, 5.74) is 0.395. The van der Waals surface area contributed by atoms with Crippen molar-refractivity contribution in [2.75, 3.05) is 34.4 Å². The molecule has 2 atom stereocenters. The first kappa shape index (κ1) is 32.1. The van der Waals surface area contributed by atoms with E-state index in [0.717, 1.165) is 36.0 Å². The number of ether oxygens (including phenoxy) is 3. The van der Waals surface area contributed by atoms with E-state index in [9.17, 15) is 22.8 Å². The van der Waals surface area contributed by atoms with Gasteiger partial charge < -0.3 is 24.0 Å². The molecule has 0 saturated carbocycles. The van der Waals surface area contributed by atoms with Crippen molar-refractivity contribution in [3.63, 3.8) is 0 Å². The van der Waals surface area contributed by atoms with Crippen molar-refractivity contribution < 1.29 is 37.0 Å². The first-order valence-corrected chi connectivity index (χ1v) is 14.7. The fraction of sp³-hybridized carbons (Fsp3) is 0.467. The number of piperidine rings is 1. The Morgan fingerprint density at radius 1 is 1.21 bits per heavy atom. The number of alkyl halides is 3. The molecule has 4 rings (SSSR count). The molecule has 0 bridgehead atoms. The van der Waals surface area contributed by atoms with Crippen molar-refractivity contribution >= 4 is 34.2 Å². The summed E-state index contributed by atoms with van der Waals surface area (Å²) in [6, 6.07) is 3.97. The van der Waals surface area contributed by atoms with Gasteiger partial charge in [0, 0.05) is 55.4 Å². The number of fused-ring (bicyclic) bond motifs is 1. The van der Waals surface area contributed by atoms with Crippen molar-refractivity contribution in [1.82, 2.24) is 19.8 Å². The minimum atomic E-state index is -4.59. The molecule has 1 aliphatic rings. The zero-order chi connectivity index (χ0) is 31.3. The molecule has 9 nitrogen and oxygen atoms in total. The molecule has 1 fully saturated rings. The summed E-state index contributed by atoms with van der Waals surface area (Å²) in [4.78, 5) is 37.6. The molecule has 0 N–H and O–H groups in total. The number of aromatic nitrogens is 2. The highest BCUT2D eigenvalue weighted by atomic mass is 32.1. The number of thiazole rings is 1. The fourth-order valence-electron chi connectivity index (χ4n) is 5.09. The summed E-state index contributed by atoms with van der Waals surface area (Å²) >= 11 is 0.835. The zero-order valence-corrected chi connectivity index (χ0v) is 25.4. The number of nitrogens with zero attached hydrogens (tertiary/aromatic N) is 4. The quantitative estimate of drug-likeness (QED) is 0.145. The van der Waals surface area contributed by atoms with Gasteiger partial charge in [-0.15, -0.1) is 17.9 Å². The first-order valence-electron chi connectivity index (χ1n) is 13.9. The number of benzene rings is 1. The Kier molecular flexibility index (Phi) is 10.2. The number of hydrogen-bond acceptors (Lipinski definition) is 8. The monoisotopic (exact) mass is 620 g/mol. The lowest BCUT2D eigenvalue weighted by Crippen LogP contribution is -2.56. The number of amides is 2. The Balaban J connectivity index is 1.63. The van der Waals surface area contributed by atoms with Gasteiger partial charge in [0.25, 0.3) is 0 Å². The summed E-state index contributed by atoms with van der Waals surface area (Å²) < 4.78 is 56.8. The average Bonchev–Trinajstić information content (AvgIpc) is 3.50. The highest BCUT2D eigenvalue weighted by molar-refractivity contribution is 7.13. The largest absolute Gasteiger partial charge is 0.496 e. The number of carbonyl (C=O) groups excluding carboxylic acids is 2. The third-order valence-electron chi connectivity index (χ3n) is 7.43. The Morgan fingerprint density at radius 2 is 1.98 bits per heavy atom. The van der Waals surface area contributed by atoms with Crippen LogP contribution >= 0.6 is 11.3 Å². The lowest BCUT2D eigenvalue weighted by molar-refractivity contribution is -0.148. The van der Waals surface area contributed by atoms with E-state index in [1.807, 2.05) is 6.08 Å². The van der Waals surface area contributed by atoms with Crippen LogP contribution in [-0.2, 0) is 15.7 Å². The number of aryl methyl sites for hydroxylation is 1. The van der Waals surface area contributed by atoms with Crippen molar-refractivity contribution in [2.24, 2.45) is 0 Å². The minimum Gasteiger partial charge on any atom is -0.496 e. The number of pyridine rings is 1. The van der Waals surface area contributed by atoms with E-state index in [1.165, 1.54) is 19.1 Å². The maximum atomic E-state index is 13.3. The van der Waals surface area contributed by atoms with Crippen LogP contribution in [0.5, 0.6) is 11.5 Å². The van der Waals surface area contributed by atoms with Gasteiger partial charge in [0.1, 0.15) is 34.3 Å². The number of allylic oxidation sites excluding steroid dienone is 1. The molecule has 1 aromatic carbocycles. The molecule has 0 spiro atoms. The van der Waals surface area contributed by atoms with Crippen molar-refractivity contribution in [3.8, 4) is 22.2 Å². The van der Waals surface area contributed by atoms with Gasteiger partial charge in [-0.3, -0.25) is 0 Å². The molecule has 2 aromatic heterocycles. The second kappa shape index (κ2) is 13.6. The van der Waals surface area contributed by atoms with Gasteiger partial charge in [-0.05, 0) is 38.3 Å². The van der Waals surface area contributed by atoms with Crippen molar-refractivity contribution in [2.45, 2.75) is 57.3 Å². The van der Waals surface area contributed by atoms with Gasteiger partial charge in [-0.25, -0.2) is 19.6 Å². The average molecular weight is 621 g/mol. The number of halogens is 3. The molecular weight excluding hydrogens is 585 g/mol. The summed E-state index contributed by atoms with van der Waals surface area (Å²) in [5, 5.41) is 1.66. The lowest BCUT2D eigenvalue weighted by Gasteiger charge is -2.39. The maximum absolute atomic E-state index is 13.3. The highest BCUT2D eigenvalue weighted by Crippen LogP contribution is 2.39. The van der Waals surface area contributed by atoms with E-state index in [0.29, 0.717) is 40.9 Å². The summed E-state index contributed by atoms with van der Waals surface area (Å²) in [6.45, 7) is 6.31. The van der Waals surface area contributed by atoms with Crippen LogP contribution < -0.4 is 9.47 Å². The van der Waals surface area contributed by atoms with E-state index in [2.05, 4.69) is 16.5 Å². The third kappa shape index (κ3) is 7.20. The zero-order valence-electron chi connectivity index (χ0n) is 24.6. The minimum absolute atomic E-state index is 0.0882. The van der Waals surface area contributed by atoms with Crippen molar-refractivity contribution in [3.05, 3.63) is 47.5 Å². The van der Waals surface area contributed by atoms with E-state index in [-0.39, 0.29) is 29.7 Å². The van der Waals surface area contributed by atoms with Crippen LogP contribution in [0.2, 0.25) is 0 Å². The number of carbonyl (C=O) groups is 2. The third-order valence-corrected chi connectivity index (χ3v) is 8.29. The van der Waals surface area contributed by atoms with Gasteiger partial charge in [0.2, 0.25) is 0 Å². The summed E-state index contributed by atoms with van der Waals surface area (Å²) in [6.07, 6.45) is -0.0695. The fourth-order valence-corrected chi connectivity index (χ4v) is 5.88. The van der Waals surface area contributed by atoms with E-state index in [1.54, 1.807) is 37.1 Å². The number of esters is 1. The van der Waals surface area contributed by atoms with Crippen LogP contribution in [0.3, 0.4) is 0 Å². The molecule has 13 heteroatoms. The lowest BCUT2D eigenvalue weighted by atomic mass is 9.99. The van der Waals surface area contributed by atoms with Crippen LogP contribution in [-0.4, -0.2) is 78.3 Å². The van der Waals surface area contributed by atoms with Gasteiger partial charge in [-0.2, -0.15) is 13.2 Å². The summed E-state index contributed by atoms with van der Waals surface area (Å²) in [5.74, 6) is 0.386. The molecule has 1 saturated heterocycles.